The minimum Gasteiger partial charge on any atom is -0.496 e. The SMILES string of the molecule is CCCCNC(=O)C(C)C[C@H](O)[C@H](C[C@H](Cc1ccc(C(C)(C)C)c(C(=O)OC)c1OC)C(C)C)NC(=O)OC(C)(C)C. The lowest BCUT2D eigenvalue weighted by Crippen LogP contribution is -2.48. The predicted molar refractivity (Wildman–Crippen MR) is 171 cm³/mol. The van der Waals surface area contributed by atoms with Crippen molar-refractivity contribution in [3.8, 4) is 5.75 Å². The first-order valence-electron chi connectivity index (χ1n) is 15.6. The van der Waals surface area contributed by atoms with Crippen LogP contribution in [0.25, 0.3) is 0 Å². The second kappa shape index (κ2) is 16.9. The third kappa shape index (κ3) is 12.4. The van der Waals surface area contributed by atoms with E-state index in [0.29, 0.717) is 30.7 Å². The molecule has 0 saturated heterocycles. The van der Waals surface area contributed by atoms with Crippen LogP contribution in [0.4, 0.5) is 4.79 Å². The largest absolute Gasteiger partial charge is 0.496 e. The molecule has 2 amide bonds. The van der Waals surface area contributed by atoms with Crippen molar-refractivity contribution < 1.29 is 33.7 Å². The van der Waals surface area contributed by atoms with Gasteiger partial charge in [-0.25, -0.2) is 9.59 Å². The smallest absolute Gasteiger partial charge is 0.407 e. The van der Waals surface area contributed by atoms with E-state index < -0.39 is 35.7 Å². The highest BCUT2D eigenvalue weighted by Gasteiger charge is 2.33. The number of nitrogens with one attached hydrogen (secondary N) is 2. The lowest BCUT2D eigenvalue weighted by molar-refractivity contribution is -0.125. The number of alkyl carbamates (subject to hydrolysis) is 1. The summed E-state index contributed by atoms with van der Waals surface area (Å²) < 4.78 is 16.5. The van der Waals surface area contributed by atoms with Crippen LogP contribution in [0.1, 0.15) is 116 Å². The minimum atomic E-state index is -0.989. The number of hydrogen-bond acceptors (Lipinski definition) is 7. The molecule has 1 unspecified atom stereocenters. The third-order valence-electron chi connectivity index (χ3n) is 7.66. The fourth-order valence-corrected chi connectivity index (χ4v) is 5.12. The van der Waals surface area contributed by atoms with Crippen LogP contribution in [-0.2, 0) is 26.1 Å². The van der Waals surface area contributed by atoms with E-state index in [-0.39, 0.29) is 29.6 Å². The number of carbonyl (C=O) groups is 3. The van der Waals surface area contributed by atoms with Gasteiger partial charge in [-0.3, -0.25) is 4.79 Å². The van der Waals surface area contributed by atoms with Gasteiger partial charge in [0.25, 0.3) is 0 Å². The minimum absolute atomic E-state index is 0.0249. The van der Waals surface area contributed by atoms with Gasteiger partial charge >= 0.3 is 12.1 Å². The molecule has 0 spiro atoms. The Bertz CT molecular complexity index is 1060. The van der Waals surface area contributed by atoms with E-state index in [1.807, 2.05) is 32.9 Å². The molecule has 0 aliphatic carbocycles. The zero-order chi connectivity index (χ0) is 33.1. The highest BCUT2D eigenvalue weighted by molar-refractivity contribution is 5.95. The van der Waals surface area contributed by atoms with Crippen molar-refractivity contribution in [1.82, 2.24) is 10.6 Å². The van der Waals surface area contributed by atoms with Crippen LogP contribution >= 0.6 is 0 Å². The number of rotatable bonds is 15. The van der Waals surface area contributed by atoms with Gasteiger partial charge in [-0.1, -0.05) is 67.0 Å². The number of esters is 1. The van der Waals surface area contributed by atoms with Crippen LogP contribution in [0.5, 0.6) is 5.75 Å². The third-order valence-corrected chi connectivity index (χ3v) is 7.66. The fraction of sp³-hybridized carbons (Fsp3) is 0.735. The molecule has 1 rings (SSSR count). The maximum absolute atomic E-state index is 12.9. The molecule has 246 valence electrons. The lowest BCUT2D eigenvalue weighted by atomic mass is 9.79. The maximum atomic E-state index is 12.9. The van der Waals surface area contributed by atoms with Gasteiger partial charge in [-0.05, 0) is 74.8 Å². The van der Waals surface area contributed by atoms with Crippen molar-refractivity contribution in [3.05, 3.63) is 28.8 Å². The van der Waals surface area contributed by atoms with Crippen molar-refractivity contribution in [3.63, 3.8) is 0 Å². The molecule has 9 heteroatoms. The van der Waals surface area contributed by atoms with Gasteiger partial charge < -0.3 is 30.0 Å². The van der Waals surface area contributed by atoms with E-state index in [4.69, 9.17) is 14.2 Å². The molecule has 0 radical (unpaired) electrons. The number of aliphatic hydroxyl groups is 1. The van der Waals surface area contributed by atoms with Gasteiger partial charge in [-0.15, -0.1) is 0 Å². The van der Waals surface area contributed by atoms with Crippen LogP contribution < -0.4 is 15.4 Å². The monoisotopic (exact) mass is 606 g/mol. The molecule has 43 heavy (non-hydrogen) atoms. The number of methoxy groups -OCH3 is 2. The van der Waals surface area contributed by atoms with Crippen molar-refractivity contribution in [1.29, 1.82) is 0 Å². The van der Waals surface area contributed by atoms with Crippen molar-refractivity contribution >= 4 is 18.0 Å². The van der Waals surface area contributed by atoms with Crippen molar-refractivity contribution in [2.24, 2.45) is 17.8 Å². The van der Waals surface area contributed by atoms with Crippen LogP contribution in [0, 0.1) is 17.8 Å². The van der Waals surface area contributed by atoms with Gasteiger partial charge in [0.05, 0.1) is 26.4 Å². The second-order valence-corrected chi connectivity index (χ2v) is 14.0. The number of unbranched alkanes of at least 4 members (excludes halogenated alkanes) is 1. The molecule has 0 aliphatic heterocycles. The van der Waals surface area contributed by atoms with Gasteiger partial charge in [0.1, 0.15) is 16.9 Å². The number of amides is 2. The summed E-state index contributed by atoms with van der Waals surface area (Å²) >= 11 is 0. The summed E-state index contributed by atoms with van der Waals surface area (Å²) in [5, 5.41) is 17.2. The molecule has 0 aliphatic rings. The summed E-state index contributed by atoms with van der Waals surface area (Å²) in [5.74, 6) is -0.431. The van der Waals surface area contributed by atoms with E-state index in [9.17, 15) is 19.5 Å². The van der Waals surface area contributed by atoms with Gasteiger partial charge in [0, 0.05) is 12.5 Å². The molecular weight excluding hydrogens is 548 g/mol. The number of aliphatic hydroxyl groups excluding tert-OH is 1. The topological polar surface area (TPSA) is 123 Å². The number of ether oxygens (including phenoxy) is 3. The summed E-state index contributed by atoms with van der Waals surface area (Å²) in [7, 11) is 2.91. The summed E-state index contributed by atoms with van der Waals surface area (Å²) in [6, 6.07) is 3.26. The Kier molecular flexibility index (Phi) is 15.0. The molecule has 0 fully saturated rings. The quantitative estimate of drug-likeness (QED) is 0.161. The fourth-order valence-electron chi connectivity index (χ4n) is 5.12. The summed E-state index contributed by atoms with van der Waals surface area (Å²) in [4.78, 5) is 38.5. The molecule has 3 N–H and O–H groups in total. The van der Waals surface area contributed by atoms with Crippen LogP contribution in [0.2, 0.25) is 0 Å². The Balaban J connectivity index is 3.41. The average molecular weight is 607 g/mol. The molecular formula is C34H58N2O7. The maximum Gasteiger partial charge on any atom is 0.407 e. The zero-order valence-corrected chi connectivity index (χ0v) is 28.7. The molecule has 0 bridgehead atoms. The molecule has 0 aromatic heterocycles. The zero-order valence-electron chi connectivity index (χ0n) is 28.7. The predicted octanol–water partition coefficient (Wildman–Crippen LogP) is 6.18. The second-order valence-electron chi connectivity index (χ2n) is 14.0. The van der Waals surface area contributed by atoms with Crippen LogP contribution in [0.3, 0.4) is 0 Å². The molecule has 0 heterocycles. The first kappa shape index (κ1) is 38.2. The summed E-state index contributed by atoms with van der Waals surface area (Å²) in [5.41, 5.74) is 1.04. The van der Waals surface area contributed by atoms with E-state index >= 15 is 0 Å². The molecule has 1 aromatic rings. The molecule has 4 atom stereocenters. The van der Waals surface area contributed by atoms with Gasteiger partial charge in [0.15, 0.2) is 0 Å². The van der Waals surface area contributed by atoms with Gasteiger partial charge in [0.2, 0.25) is 5.91 Å². The standard InChI is InChI=1S/C34H58N2O7/c1-13-14-17-35-30(38)22(4)18-27(37)26(36-32(40)43-34(8,9)10)20-24(21(2)3)19-23-15-16-25(33(5,6)7)28(29(23)41-11)31(39)42-12/h15-16,21-22,24,26-27,37H,13-14,17-20H2,1-12H3,(H,35,38)(H,36,40)/t22?,24-,26-,27-/m0/s1. The molecule has 0 saturated carbocycles. The van der Waals surface area contributed by atoms with Crippen molar-refractivity contribution in [2.45, 2.75) is 125 Å². The summed E-state index contributed by atoms with van der Waals surface area (Å²) in [6.45, 7) is 20.0. The highest BCUT2D eigenvalue weighted by Crippen LogP contribution is 2.37. The number of hydrogen-bond donors (Lipinski definition) is 3. The Morgan fingerprint density at radius 3 is 2.09 bits per heavy atom. The van der Waals surface area contributed by atoms with Crippen LogP contribution in [0.15, 0.2) is 12.1 Å². The van der Waals surface area contributed by atoms with Crippen molar-refractivity contribution in [2.75, 3.05) is 20.8 Å². The average Bonchev–Trinajstić information content (AvgIpc) is 2.89. The lowest BCUT2D eigenvalue weighted by Gasteiger charge is -2.32. The van der Waals surface area contributed by atoms with Gasteiger partial charge in [-0.2, -0.15) is 0 Å². The first-order chi connectivity index (χ1) is 19.9. The Labute approximate surface area is 259 Å². The molecule has 1 aromatic carbocycles. The normalized spacial score (nSPS) is 14.8. The first-order valence-corrected chi connectivity index (χ1v) is 15.6. The highest BCUT2D eigenvalue weighted by atomic mass is 16.6. The Hall–Kier alpha value is -2.81. The van der Waals surface area contributed by atoms with Crippen LogP contribution in [-0.4, -0.2) is 61.6 Å². The Morgan fingerprint density at radius 1 is 0.977 bits per heavy atom. The Morgan fingerprint density at radius 2 is 1.60 bits per heavy atom. The van der Waals surface area contributed by atoms with E-state index in [2.05, 4.69) is 31.4 Å². The van der Waals surface area contributed by atoms with E-state index in [1.54, 1.807) is 34.8 Å². The summed E-state index contributed by atoms with van der Waals surface area (Å²) in [6.07, 6.45) is 1.37. The number of carbonyl (C=O) groups excluding carboxylic acids is 3. The van der Waals surface area contributed by atoms with E-state index in [0.717, 1.165) is 24.0 Å². The molecule has 9 nitrogen and oxygen atoms in total. The number of benzene rings is 1. The van der Waals surface area contributed by atoms with E-state index in [1.165, 1.54) is 7.11 Å².